The van der Waals surface area contributed by atoms with E-state index in [0.29, 0.717) is 12.0 Å². The molecule has 0 bridgehead atoms. The highest BCUT2D eigenvalue weighted by atomic mass is 127. The molecule has 5 nitrogen and oxygen atoms in total. The lowest BCUT2D eigenvalue weighted by atomic mass is 10.2. The molecule has 1 atom stereocenters. The van der Waals surface area contributed by atoms with Gasteiger partial charge in [-0.2, -0.15) is 0 Å². The Morgan fingerprint density at radius 2 is 2.00 bits per heavy atom. The van der Waals surface area contributed by atoms with Crippen molar-refractivity contribution < 1.29 is 0 Å². The van der Waals surface area contributed by atoms with E-state index >= 15 is 0 Å². The van der Waals surface area contributed by atoms with Crippen LogP contribution in [0.1, 0.15) is 24.1 Å². The number of benzene rings is 1. The molecule has 0 amide bonds. The highest BCUT2D eigenvalue weighted by Crippen LogP contribution is 2.20. The molecule has 3 N–H and O–H groups in total. The summed E-state index contributed by atoms with van der Waals surface area (Å²) < 4.78 is 0. The summed E-state index contributed by atoms with van der Waals surface area (Å²) >= 11 is 0. The number of rotatable bonds is 7. The standard InChI is InChI=1S/C20H27N5.HI/c21-20(23-13-11-18-9-4-5-12-22-18)24-15-19-10-6-14-25(19)16-17-7-2-1-3-8-17;/h1-5,7-9,12,19H,6,10-11,13-16H2,(H3,21,23,24);1H. The summed E-state index contributed by atoms with van der Waals surface area (Å²) in [5.41, 5.74) is 8.44. The van der Waals surface area contributed by atoms with Gasteiger partial charge in [-0.25, -0.2) is 0 Å². The molecule has 1 saturated heterocycles. The minimum atomic E-state index is 0. The third-order valence-corrected chi connectivity index (χ3v) is 4.61. The smallest absolute Gasteiger partial charge is 0.188 e. The van der Waals surface area contributed by atoms with E-state index in [1.165, 1.54) is 18.4 Å². The van der Waals surface area contributed by atoms with Gasteiger partial charge >= 0.3 is 0 Å². The fourth-order valence-electron chi connectivity index (χ4n) is 3.25. The zero-order valence-corrected chi connectivity index (χ0v) is 17.4. The number of nitrogens with one attached hydrogen (secondary N) is 1. The molecule has 26 heavy (non-hydrogen) atoms. The topological polar surface area (TPSA) is 66.5 Å². The molecule has 0 saturated carbocycles. The van der Waals surface area contributed by atoms with Crippen molar-refractivity contribution in [3.8, 4) is 0 Å². The summed E-state index contributed by atoms with van der Waals surface area (Å²) in [6.07, 6.45) is 5.09. The van der Waals surface area contributed by atoms with Crippen LogP contribution in [0.15, 0.2) is 59.7 Å². The minimum absolute atomic E-state index is 0. The highest BCUT2D eigenvalue weighted by Gasteiger charge is 2.24. The van der Waals surface area contributed by atoms with Crippen molar-refractivity contribution >= 4 is 29.9 Å². The number of pyridine rings is 1. The summed E-state index contributed by atoms with van der Waals surface area (Å²) in [6.45, 7) is 3.65. The number of likely N-dealkylation sites (tertiary alicyclic amines) is 1. The normalized spacial score (nSPS) is 17.7. The third-order valence-electron chi connectivity index (χ3n) is 4.61. The van der Waals surface area contributed by atoms with E-state index in [4.69, 9.17) is 5.73 Å². The Morgan fingerprint density at radius 3 is 2.77 bits per heavy atom. The van der Waals surface area contributed by atoms with Crippen LogP contribution in [-0.2, 0) is 13.0 Å². The zero-order chi connectivity index (χ0) is 17.3. The van der Waals surface area contributed by atoms with Crippen LogP contribution in [0.3, 0.4) is 0 Å². The van der Waals surface area contributed by atoms with Gasteiger partial charge in [0.05, 0.1) is 6.54 Å². The van der Waals surface area contributed by atoms with E-state index in [2.05, 4.69) is 50.5 Å². The lowest BCUT2D eigenvalue weighted by molar-refractivity contribution is 0.250. The molecule has 1 aromatic carbocycles. The summed E-state index contributed by atoms with van der Waals surface area (Å²) in [5.74, 6) is 0.530. The molecule has 1 aromatic heterocycles. The highest BCUT2D eigenvalue weighted by molar-refractivity contribution is 14.0. The molecule has 1 aliphatic heterocycles. The fraction of sp³-hybridized carbons (Fsp3) is 0.400. The second-order valence-corrected chi connectivity index (χ2v) is 6.48. The fourth-order valence-corrected chi connectivity index (χ4v) is 3.25. The van der Waals surface area contributed by atoms with Crippen molar-refractivity contribution in [2.75, 3.05) is 19.6 Å². The molecule has 1 unspecified atom stereocenters. The second-order valence-electron chi connectivity index (χ2n) is 6.48. The predicted molar refractivity (Wildman–Crippen MR) is 118 cm³/mol. The first-order valence-corrected chi connectivity index (χ1v) is 9.03. The van der Waals surface area contributed by atoms with Crippen LogP contribution < -0.4 is 11.1 Å². The minimum Gasteiger partial charge on any atom is -0.370 e. The van der Waals surface area contributed by atoms with Gasteiger partial charge < -0.3 is 11.1 Å². The van der Waals surface area contributed by atoms with Crippen molar-refractivity contribution in [1.82, 2.24) is 15.2 Å². The number of aromatic nitrogens is 1. The van der Waals surface area contributed by atoms with Crippen LogP contribution in [0.2, 0.25) is 0 Å². The number of halogens is 1. The Hall–Kier alpha value is -1.67. The van der Waals surface area contributed by atoms with Crippen molar-refractivity contribution in [2.24, 2.45) is 10.7 Å². The molecular weight excluding hydrogens is 437 g/mol. The van der Waals surface area contributed by atoms with Crippen molar-refractivity contribution in [3.63, 3.8) is 0 Å². The monoisotopic (exact) mass is 465 g/mol. The second kappa shape index (κ2) is 11.1. The van der Waals surface area contributed by atoms with Crippen LogP contribution in [0.25, 0.3) is 0 Å². The van der Waals surface area contributed by atoms with E-state index in [-0.39, 0.29) is 24.0 Å². The van der Waals surface area contributed by atoms with Crippen LogP contribution in [-0.4, -0.2) is 41.5 Å². The Bertz CT molecular complexity index is 662. The van der Waals surface area contributed by atoms with E-state index in [1.807, 2.05) is 24.4 Å². The van der Waals surface area contributed by atoms with Crippen molar-refractivity contribution in [1.29, 1.82) is 0 Å². The molecule has 140 valence electrons. The van der Waals surface area contributed by atoms with E-state index in [9.17, 15) is 0 Å². The van der Waals surface area contributed by atoms with Gasteiger partial charge in [0.25, 0.3) is 0 Å². The van der Waals surface area contributed by atoms with Crippen LogP contribution in [0.5, 0.6) is 0 Å². The first-order valence-electron chi connectivity index (χ1n) is 9.03. The summed E-state index contributed by atoms with van der Waals surface area (Å²) in [4.78, 5) is 11.4. The van der Waals surface area contributed by atoms with Gasteiger partial charge in [0.2, 0.25) is 0 Å². The molecule has 2 heterocycles. The molecule has 1 aliphatic rings. The first kappa shape index (κ1) is 20.6. The molecule has 0 spiro atoms. The summed E-state index contributed by atoms with van der Waals surface area (Å²) in [6, 6.07) is 17.1. The molecule has 0 radical (unpaired) electrons. The average Bonchev–Trinajstić information content (AvgIpc) is 3.09. The molecule has 6 heteroatoms. The lowest BCUT2D eigenvalue weighted by Crippen LogP contribution is -2.36. The summed E-state index contributed by atoms with van der Waals surface area (Å²) in [5, 5.41) is 3.19. The Kier molecular flexibility index (Phi) is 8.84. The largest absolute Gasteiger partial charge is 0.370 e. The van der Waals surface area contributed by atoms with Gasteiger partial charge in [0, 0.05) is 37.4 Å². The predicted octanol–water partition coefficient (Wildman–Crippen LogP) is 2.81. The maximum atomic E-state index is 6.01. The van der Waals surface area contributed by atoms with Crippen LogP contribution in [0, 0.1) is 0 Å². The number of aliphatic imine (C=N–C) groups is 1. The molecule has 3 rings (SSSR count). The molecule has 2 aromatic rings. The van der Waals surface area contributed by atoms with Crippen molar-refractivity contribution in [2.45, 2.75) is 31.8 Å². The quantitative estimate of drug-likeness (QED) is 0.375. The Balaban J connectivity index is 0.00000243. The summed E-state index contributed by atoms with van der Waals surface area (Å²) in [7, 11) is 0. The number of guanidine groups is 1. The van der Waals surface area contributed by atoms with Gasteiger partial charge in [-0.1, -0.05) is 36.4 Å². The lowest BCUT2D eigenvalue weighted by Gasteiger charge is -2.23. The third kappa shape index (κ3) is 6.57. The maximum absolute atomic E-state index is 6.01. The number of hydrogen-bond acceptors (Lipinski definition) is 3. The molecular formula is C20H28IN5. The average molecular weight is 465 g/mol. The Labute approximate surface area is 173 Å². The van der Waals surface area contributed by atoms with Crippen LogP contribution in [0.4, 0.5) is 0 Å². The number of nitrogens with zero attached hydrogens (tertiary/aromatic N) is 3. The van der Waals surface area contributed by atoms with Gasteiger partial charge in [0.15, 0.2) is 5.96 Å². The van der Waals surface area contributed by atoms with Gasteiger partial charge in [0.1, 0.15) is 0 Å². The number of nitrogens with two attached hydrogens (primary N) is 1. The maximum Gasteiger partial charge on any atom is 0.188 e. The van der Waals surface area contributed by atoms with Gasteiger partial charge in [-0.3, -0.25) is 14.9 Å². The Morgan fingerprint density at radius 1 is 1.19 bits per heavy atom. The van der Waals surface area contributed by atoms with Gasteiger partial charge in [-0.05, 0) is 37.1 Å². The van der Waals surface area contributed by atoms with E-state index in [1.54, 1.807) is 0 Å². The van der Waals surface area contributed by atoms with Crippen LogP contribution >= 0.6 is 24.0 Å². The van der Waals surface area contributed by atoms with Gasteiger partial charge in [-0.15, -0.1) is 24.0 Å². The SMILES string of the molecule is I.NC(=NCC1CCCN1Cc1ccccc1)NCCc1ccccn1. The zero-order valence-electron chi connectivity index (χ0n) is 15.1. The molecule has 0 aliphatic carbocycles. The first-order chi connectivity index (χ1) is 12.3. The van der Waals surface area contributed by atoms with Crippen molar-refractivity contribution in [3.05, 3.63) is 66.0 Å². The molecule has 1 fully saturated rings. The number of hydrogen-bond donors (Lipinski definition) is 2. The van der Waals surface area contributed by atoms with E-state index in [0.717, 1.165) is 38.3 Å². The van der Waals surface area contributed by atoms with E-state index < -0.39 is 0 Å².